The zero-order valence-corrected chi connectivity index (χ0v) is 15.2. The molecule has 3 heterocycles. The standard InChI is InChI=1S/C19H23N3O4/c1-12-14-11-17-16(25-8-3-9-26-17)10-13(14)6-7-22(12)19(24)15-4-5-18(23)21(2)20-15/h10-12H,3-9H2,1-2H3/t12-/m0/s1. The first kappa shape index (κ1) is 16.9. The Bertz CT molecular complexity index is 789. The van der Waals surface area contributed by atoms with Gasteiger partial charge in [0.05, 0.1) is 19.3 Å². The molecule has 0 radical (unpaired) electrons. The van der Waals surface area contributed by atoms with Crippen LogP contribution in [0.5, 0.6) is 11.5 Å². The quantitative estimate of drug-likeness (QED) is 0.770. The van der Waals surface area contributed by atoms with Crippen LogP contribution >= 0.6 is 0 Å². The number of ether oxygens (including phenoxy) is 2. The number of hydrogen-bond donors (Lipinski definition) is 0. The lowest BCUT2D eigenvalue weighted by Gasteiger charge is -2.36. The molecule has 0 aliphatic carbocycles. The summed E-state index contributed by atoms with van der Waals surface area (Å²) in [4.78, 5) is 26.4. The fourth-order valence-corrected chi connectivity index (χ4v) is 3.74. The predicted molar refractivity (Wildman–Crippen MR) is 95.3 cm³/mol. The Morgan fingerprint density at radius 2 is 1.88 bits per heavy atom. The molecule has 1 aromatic rings. The monoisotopic (exact) mass is 357 g/mol. The summed E-state index contributed by atoms with van der Waals surface area (Å²) in [5.41, 5.74) is 2.75. The van der Waals surface area contributed by atoms with Crippen molar-refractivity contribution >= 4 is 17.5 Å². The summed E-state index contributed by atoms with van der Waals surface area (Å²) in [6, 6.07) is 3.99. The highest BCUT2D eigenvalue weighted by molar-refractivity contribution is 6.39. The Kier molecular flexibility index (Phi) is 4.30. The molecule has 4 rings (SSSR count). The summed E-state index contributed by atoms with van der Waals surface area (Å²) in [5, 5.41) is 5.44. The minimum atomic E-state index is -0.0883. The van der Waals surface area contributed by atoms with E-state index >= 15 is 0 Å². The molecule has 0 saturated carbocycles. The van der Waals surface area contributed by atoms with Crippen LogP contribution in [0.3, 0.4) is 0 Å². The number of amides is 2. The first-order chi connectivity index (χ1) is 12.5. The molecule has 0 N–H and O–H groups in total. The van der Waals surface area contributed by atoms with Crippen molar-refractivity contribution in [1.82, 2.24) is 9.91 Å². The fourth-order valence-electron chi connectivity index (χ4n) is 3.74. The first-order valence-corrected chi connectivity index (χ1v) is 9.12. The molecule has 7 heteroatoms. The molecule has 0 spiro atoms. The lowest BCUT2D eigenvalue weighted by Crippen LogP contribution is -2.44. The van der Waals surface area contributed by atoms with Crippen molar-refractivity contribution in [3.05, 3.63) is 23.3 Å². The van der Waals surface area contributed by atoms with Crippen LogP contribution in [0.25, 0.3) is 0 Å². The Morgan fingerprint density at radius 1 is 1.15 bits per heavy atom. The van der Waals surface area contributed by atoms with Gasteiger partial charge in [0.15, 0.2) is 11.5 Å². The third kappa shape index (κ3) is 2.91. The Morgan fingerprint density at radius 3 is 2.62 bits per heavy atom. The summed E-state index contributed by atoms with van der Waals surface area (Å²) in [5.74, 6) is 1.40. The highest BCUT2D eigenvalue weighted by Gasteiger charge is 2.33. The molecule has 0 bridgehead atoms. The van der Waals surface area contributed by atoms with Gasteiger partial charge in [0.1, 0.15) is 5.71 Å². The van der Waals surface area contributed by atoms with Gasteiger partial charge in [0.2, 0.25) is 5.91 Å². The maximum Gasteiger partial charge on any atom is 0.270 e. The zero-order chi connectivity index (χ0) is 18.3. The van der Waals surface area contributed by atoms with Crippen molar-refractivity contribution in [3.63, 3.8) is 0 Å². The molecule has 1 atom stereocenters. The topological polar surface area (TPSA) is 71.4 Å². The molecule has 2 amide bonds. The summed E-state index contributed by atoms with van der Waals surface area (Å²) < 4.78 is 11.6. The van der Waals surface area contributed by atoms with E-state index in [1.165, 1.54) is 10.6 Å². The maximum absolute atomic E-state index is 13.0. The molecule has 1 aromatic carbocycles. The van der Waals surface area contributed by atoms with Gasteiger partial charge in [-0.15, -0.1) is 0 Å². The van der Waals surface area contributed by atoms with Gasteiger partial charge in [-0.1, -0.05) is 0 Å². The van der Waals surface area contributed by atoms with Gasteiger partial charge in [-0.3, -0.25) is 9.59 Å². The van der Waals surface area contributed by atoms with E-state index in [-0.39, 0.29) is 17.9 Å². The van der Waals surface area contributed by atoms with Gasteiger partial charge in [0.25, 0.3) is 5.91 Å². The second-order valence-corrected chi connectivity index (χ2v) is 6.94. The number of carbonyl (C=O) groups excluding carboxylic acids is 2. The predicted octanol–water partition coefficient (Wildman–Crippen LogP) is 1.90. The van der Waals surface area contributed by atoms with Crippen molar-refractivity contribution < 1.29 is 19.1 Å². The lowest BCUT2D eigenvalue weighted by molar-refractivity contribution is -0.131. The normalized spacial score (nSPS) is 22.5. The molecule has 0 saturated heterocycles. The zero-order valence-electron chi connectivity index (χ0n) is 15.2. The Labute approximate surface area is 152 Å². The minimum absolute atomic E-state index is 0.0570. The number of hydrogen-bond acceptors (Lipinski definition) is 5. The maximum atomic E-state index is 13.0. The largest absolute Gasteiger partial charge is 0.490 e. The molecule has 7 nitrogen and oxygen atoms in total. The van der Waals surface area contributed by atoms with Crippen LogP contribution in [-0.4, -0.2) is 54.2 Å². The summed E-state index contributed by atoms with van der Waals surface area (Å²) in [7, 11) is 1.59. The van der Waals surface area contributed by atoms with E-state index in [2.05, 4.69) is 11.2 Å². The number of fused-ring (bicyclic) bond motifs is 2. The molecule has 3 aliphatic rings. The smallest absolute Gasteiger partial charge is 0.270 e. The van der Waals surface area contributed by atoms with E-state index in [1.54, 1.807) is 7.05 Å². The molecule has 0 aromatic heterocycles. The van der Waals surface area contributed by atoms with E-state index in [0.717, 1.165) is 29.9 Å². The van der Waals surface area contributed by atoms with Gasteiger partial charge >= 0.3 is 0 Å². The third-order valence-corrected chi connectivity index (χ3v) is 5.26. The average molecular weight is 357 g/mol. The molecular weight excluding hydrogens is 334 g/mol. The second-order valence-electron chi connectivity index (χ2n) is 6.94. The number of carbonyl (C=O) groups is 2. The number of nitrogens with zero attached hydrogens (tertiary/aromatic N) is 3. The van der Waals surface area contributed by atoms with Crippen molar-refractivity contribution in [1.29, 1.82) is 0 Å². The van der Waals surface area contributed by atoms with Crippen LogP contribution in [0.4, 0.5) is 0 Å². The van der Waals surface area contributed by atoms with Gasteiger partial charge in [-0.2, -0.15) is 5.10 Å². The van der Waals surface area contributed by atoms with Crippen molar-refractivity contribution in [3.8, 4) is 11.5 Å². The van der Waals surface area contributed by atoms with E-state index in [9.17, 15) is 9.59 Å². The van der Waals surface area contributed by atoms with Crippen LogP contribution < -0.4 is 9.47 Å². The fraction of sp³-hybridized carbons (Fsp3) is 0.526. The van der Waals surface area contributed by atoms with Crippen LogP contribution in [-0.2, 0) is 16.0 Å². The number of hydrazone groups is 1. The summed E-state index contributed by atoms with van der Waals surface area (Å²) in [6.45, 7) is 3.96. The molecule has 26 heavy (non-hydrogen) atoms. The van der Waals surface area contributed by atoms with Crippen LogP contribution in [0.15, 0.2) is 17.2 Å². The van der Waals surface area contributed by atoms with E-state index in [4.69, 9.17) is 9.47 Å². The van der Waals surface area contributed by atoms with Crippen LogP contribution in [0, 0.1) is 0 Å². The molecule has 0 fully saturated rings. The van der Waals surface area contributed by atoms with Gasteiger partial charge in [-0.25, -0.2) is 5.01 Å². The number of rotatable bonds is 1. The van der Waals surface area contributed by atoms with Crippen LogP contribution in [0.2, 0.25) is 0 Å². The molecule has 138 valence electrons. The first-order valence-electron chi connectivity index (χ1n) is 9.12. The van der Waals surface area contributed by atoms with Crippen molar-refractivity contribution in [2.45, 2.75) is 38.6 Å². The van der Waals surface area contributed by atoms with Crippen LogP contribution in [0.1, 0.15) is 43.4 Å². The van der Waals surface area contributed by atoms with E-state index < -0.39 is 0 Å². The van der Waals surface area contributed by atoms with E-state index in [0.29, 0.717) is 38.3 Å². The van der Waals surface area contributed by atoms with Gasteiger partial charge < -0.3 is 14.4 Å². The van der Waals surface area contributed by atoms with Crippen molar-refractivity contribution in [2.75, 3.05) is 26.8 Å². The molecule has 0 unspecified atom stereocenters. The van der Waals surface area contributed by atoms with Gasteiger partial charge in [0, 0.05) is 32.9 Å². The van der Waals surface area contributed by atoms with Crippen molar-refractivity contribution in [2.24, 2.45) is 5.10 Å². The van der Waals surface area contributed by atoms with E-state index in [1.807, 2.05) is 17.9 Å². The SMILES string of the molecule is C[C@H]1c2cc3c(cc2CCN1C(=O)C1=NN(C)C(=O)CC1)OCCCO3. The third-order valence-electron chi connectivity index (χ3n) is 5.26. The highest BCUT2D eigenvalue weighted by atomic mass is 16.5. The summed E-state index contributed by atoms with van der Waals surface area (Å²) in [6.07, 6.45) is 2.37. The molecular formula is C19H23N3O4. The lowest BCUT2D eigenvalue weighted by atomic mass is 9.92. The Hall–Kier alpha value is -2.57. The highest BCUT2D eigenvalue weighted by Crippen LogP contribution is 2.39. The average Bonchev–Trinajstić information content (AvgIpc) is 2.87. The Balaban J connectivity index is 1.61. The van der Waals surface area contributed by atoms with Gasteiger partial charge in [-0.05, 0) is 36.6 Å². The minimum Gasteiger partial charge on any atom is -0.490 e. The second kappa shape index (κ2) is 6.63. The number of benzene rings is 1. The summed E-state index contributed by atoms with van der Waals surface area (Å²) >= 11 is 0. The molecule has 3 aliphatic heterocycles.